The highest BCUT2D eigenvalue weighted by molar-refractivity contribution is 5.79. The molecule has 0 amide bonds. The number of pyridine rings is 1. The summed E-state index contributed by atoms with van der Waals surface area (Å²) in [5.41, 5.74) is 2.31. The van der Waals surface area contributed by atoms with Crippen LogP contribution < -0.4 is 5.32 Å². The number of nitrogens with one attached hydrogen (secondary N) is 1. The van der Waals surface area contributed by atoms with Crippen LogP contribution in [0.3, 0.4) is 0 Å². The number of ether oxygens (including phenoxy) is 1. The van der Waals surface area contributed by atoms with E-state index in [0.717, 1.165) is 50.3 Å². The van der Waals surface area contributed by atoms with E-state index < -0.39 is 0 Å². The van der Waals surface area contributed by atoms with E-state index in [-0.39, 0.29) is 0 Å². The van der Waals surface area contributed by atoms with Crippen molar-refractivity contribution >= 4 is 5.96 Å². The highest BCUT2D eigenvalue weighted by atomic mass is 16.5. The molecule has 0 atom stereocenters. The van der Waals surface area contributed by atoms with E-state index in [9.17, 15) is 0 Å². The summed E-state index contributed by atoms with van der Waals surface area (Å²) in [7, 11) is 3.96. The number of aromatic nitrogens is 1. The normalized spacial score (nSPS) is 16.4. The van der Waals surface area contributed by atoms with Crippen molar-refractivity contribution in [1.29, 1.82) is 0 Å². The molecule has 1 N–H and O–H groups in total. The predicted molar refractivity (Wildman–Crippen MR) is 94.8 cm³/mol. The minimum absolute atomic E-state index is 0.794. The first kappa shape index (κ1) is 17.7. The summed E-state index contributed by atoms with van der Waals surface area (Å²) in [5, 5.41) is 3.44. The summed E-state index contributed by atoms with van der Waals surface area (Å²) in [5.74, 6) is 1.76. The van der Waals surface area contributed by atoms with Crippen molar-refractivity contribution in [3.05, 3.63) is 29.6 Å². The van der Waals surface area contributed by atoms with Gasteiger partial charge in [0.2, 0.25) is 0 Å². The number of hydrogen-bond donors (Lipinski definition) is 1. The van der Waals surface area contributed by atoms with E-state index in [2.05, 4.69) is 39.4 Å². The van der Waals surface area contributed by atoms with Gasteiger partial charge in [-0.1, -0.05) is 6.07 Å². The van der Waals surface area contributed by atoms with Crippen LogP contribution in [0.25, 0.3) is 0 Å². The molecule has 1 aromatic rings. The molecule has 1 aromatic heterocycles. The Labute approximate surface area is 140 Å². The number of guanidine groups is 1. The highest BCUT2D eigenvalue weighted by Crippen LogP contribution is 2.18. The van der Waals surface area contributed by atoms with Gasteiger partial charge in [0.25, 0.3) is 0 Å². The minimum Gasteiger partial charge on any atom is -0.381 e. The zero-order valence-corrected chi connectivity index (χ0v) is 14.7. The van der Waals surface area contributed by atoms with Crippen molar-refractivity contribution in [1.82, 2.24) is 15.2 Å². The van der Waals surface area contributed by atoms with Gasteiger partial charge in [-0.25, -0.2) is 0 Å². The number of nitrogens with zero attached hydrogens (tertiary/aromatic N) is 3. The van der Waals surface area contributed by atoms with Crippen molar-refractivity contribution < 1.29 is 4.74 Å². The highest BCUT2D eigenvalue weighted by Gasteiger charge is 2.15. The molecule has 128 valence electrons. The van der Waals surface area contributed by atoms with Crippen molar-refractivity contribution in [2.24, 2.45) is 10.9 Å². The summed E-state index contributed by atoms with van der Waals surface area (Å²) < 4.78 is 5.42. The van der Waals surface area contributed by atoms with E-state index in [1.165, 1.54) is 24.8 Å². The van der Waals surface area contributed by atoms with Gasteiger partial charge in [0.05, 0.1) is 0 Å². The predicted octanol–water partition coefficient (Wildman–Crippen LogP) is 2.26. The average molecular weight is 318 g/mol. The van der Waals surface area contributed by atoms with E-state index in [0.29, 0.717) is 0 Å². The second-order valence-electron chi connectivity index (χ2n) is 6.30. The SMILES string of the molecule is CN=C(NCCc1ccc(C)nc1)N(C)CCC1CCOCC1. The maximum atomic E-state index is 5.42. The standard InChI is InChI=1S/C18H30N4O/c1-15-4-5-17(14-21-15)6-10-20-18(19-2)22(3)11-7-16-8-12-23-13-9-16/h4-5,14,16H,6-13H2,1-3H3,(H,19,20). The van der Waals surface area contributed by atoms with Crippen LogP contribution in [0.1, 0.15) is 30.5 Å². The van der Waals surface area contributed by atoms with Crippen molar-refractivity contribution in [2.45, 2.75) is 32.6 Å². The lowest BCUT2D eigenvalue weighted by molar-refractivity contribution is 0.0625. The average Bonchev–Trinajstić information content (AvgIpc) is 2.59. The van der Waals surface area contributed by atoms with Crippen LogP contribution in [0.5, 0.6) is 0 Å². The number of aryl methyl sites for hydroxylation is 1. The van der Waals surface area contributed by atoms with E-state index >= 15 is 0 Å². The minimum atomic E-state index is 0.794. The topological polar surface area (TPSA) is 49.8 Å². The zero-order chi connectivity index (χ0) is 16.5. The Balaban J connectivity index is 1.69. The molecule has 0 aromatic carbocycles. The molecule has 5 nitrogen and oxygen atoms in total. The van der Waals surface area contributed by atoms with Crippen LogP contribution in [0.2, 0.25) is 0 Å². The van der Waals surface area contributed by atoms with E-state index in [1.807, 2.05) is 20.2 Å². The number of hydrogen-bond acceptors (Lipinski definition) is 3. The molecule has 1 aliphatic heterocycles. The number of rotatable bonds is 6. The van der Waals surface area contributed by atoms with Gasteiger partial charge in [0.15, 0.2) is 5.96 Å². The molecule has 0 spiro atoms. The largest absolute Gasteiger partial charge is 0.381 e. The molecule has 0 unspecified atom stereocenters. The van der Waals surface area contributed by atoms with Crippen LogP contribution in [0.4, 0.5) is 0 Å². The van der Waals surface area contributed by atoms with E-state index in [1.54, 1.807) is 0 Å². The Morgan fingerprint density at radius 3 is 2.83 bits per heavy atom. The Morgan fingerprint density at radius 2 is 2.17 bits per heavy atom. The van der Waals surface area contributed by atoms with Crippen LogP contribution in [-0.4, -0.2) is 56.2 Å². The first-order valence-electron chi connectivity index (χ1n) is 8.60. The summed E-state index contributed by atoms with van der Waals surface area (Å²) in [6.07, 6.45) is 6.51. The molecule has 0 saturated carbocycles. The van der Waals surface area contributed by atoms with Crippen molar-refractivity contribution in [3.8, 4) is 0 Å². The molecule has 1 aliphatic rings. The fraction of sp³-hybridized carbons (Fsp3) is 0.667. The second kappa shape index (κ2) is 9.50. The third kappa shape index (κ3) is 6.18. The Bertz CT molecular complexity index is 480. The maximum absolute atomic E-state index is 5.42. The molecule has 5 heteroatoms. The van der Waals surface area contributed by atoms with Crippen LogP contribution in [-0.2, 0) is 11.2 Å². The smallest absolute Gasteiger partial charge is 0.193 e. The lowest BCUT2D eigenvalue weighted by Crippen LogP contribution is -2.40. The van der Waals surface area contributed by atoms with Gasteiger partial charge >= 0.3 is 0 Å². The summed E-state index contributed by atoms with van der Waals surface area (Å²) in [4.78, 5) is 10.9. The molecule has 0 radical (unpaired) electrons. The zero-order valence-electron chi connectivity index (χ0n) is 14.7. The molecule has 1 saturated heterocycles. The Hall–Kier alpha value is -1.62. The molecule has 0 aliphatic carbocycles. The van der Waals surface area contributed by atoms with E-state index in [4.69, 9.17) is 4.74 Å². The molecule has 23 heavy (non-hydrogen) atoms. The summed E-state index contributed by atoms with van der Waals surface area (Å²) >= 11 is 0. The molecule has 2 heterocycles. The van der Waals surface area contributed by atoms with Crippen LogP contribution in [0.15, 0.2) is 23.3 Å². The van der Waals surface area contributed by atoms with Crippen molar-refractivity contribution in [2.75, 3.05) is 40.4 Å². The maximum Gasteiger partial charge on any atom is 0.193 e. The van der Waals surface area contributed by atoms with Crippen molar-refractivity contribution in [3.63, 3.8) is 0 Å². The lowest BCUT2D eigenvalue weighted by atomic mass is 9.96. The van der Waals surface area contributed by atoms with Gasteiger partial charge in [-0.05, 0) is 50.2 Å². The van der Waals surface area contributed by atoms with Gasteiger partial charge in [0, 0.05) is 52.3 Å². The van der Waals surface area contributed by atoms with Gasteiger partial charge < -0.3 is 15.0 Å². The fourth-order valence-corrected chi connectivity index (χ4v) is 2.87. The molecular formula is C18H30N4O. The second-order valence-corrected chi connectivity index (χ2v) is 6.30. The monoisotopic (exact) mass is 318 g/mol. The first-order chi connectivity index (χ1) is 11.2. The number of aliphatic imine (C=N–C) groups is 1. The van der Waals surface area contributed by atoms with Gasteiger partial charge in [0.1, 0.15) is 0 Å². The Morgan fingerprint density at radius 1 is 1.39 bits per heavy atom. The summed E-state index contributed by atoms with van der Waals surface area (Å²) in [6, 6.07) is 4.20. The Kier molecular flexibility index (Phi) is 7.33. The molecule has 0 bridgehead atoms. The first-order valence-corrected chi connectivity index (χ1v) is 8.60. The molecule has 2 rings (SSSR count). The van der Waals surface area contributed by atoms with Gasteiger partial charge in [-0.3, -0.25) is 9.98 Å². The van der Waals surface area contributed by atoms with Gasteiger partial charge in [-0.2, -0.15) is 0 Å². The third-order valence-electron chi connectivity index (χ3n) is 4.46. The third-order valence-corrected chi connectivity index (χ3v) is 4.46. The lowest BCUT2D eigenvalue weighted by Gasteiger charge is -2.26. The van der Waals surface area contributed by atoms with Crippen LogP contribution in [0, 0.1) is 12.8 Å². The quantitative estimate of drug-likeness (QED) is 0.646. The van der Waals surface area contributed by atoms with Gasteiger partial charge in [-0.15, -0.1) is 0 Å². The van der Waals surface area contributed by atoms with Crippen LogP contribution >= 0.6 is 0 Å². The fourth-order valence-electron chi connectivity index (χ4n) is 2.87. The summed E-state index contributed by atoms with van der Waals surface area (Å²) in [6.45, 7) is 5.77. The molecular weight excluding hydrogens is 288 g/mol. The molecule has 1 fully saturated rings.